The maximum atomic E-state index is 13.4. The number of hydrogen-bond donors (Lipinski definition) is 6. The Kier molecular flexibility index (Phi) is 27.9. The molecule has 0 radical (unpaired) electrons. The number of para-hydroxylation sites is 1. The number of phenolic OH excluding ortho intramolecular Hbond substituents is 3. The summed E-state index contributed by atoms with van der Waals surface area (Å²) in [6.07, 6.45) is 5.61. The van der Waals surface area contributed by atoms with Gasteiger partial charge >= 0.3 is 18.5 Å². The standard InChI is InChI=1S/3C27H34F3N3O2/c1-19-14-20(16-22(15-19)27(28,29)30)18-31-26(35)25(21-6-5-9-24(34)17-21)33-12-10-32(11-13-33)23-7-3-2-4-8-23;1-19-15-20(17-21(16-19)27(28,29)30)18-31-26(35)25(23-9-5-6-10-24(23)34)33-13-11-32(12-14-33)22-7-3-2-4-8-22;1-19-15-20(17-22(16-19)27(28,29)30)18-31-26(35)25(21-7-9-24(34)10-8-21)33-13-11-32(12-14-33)23-5-3-2-4-6-23/h5-6,9,14-17,23,25,34H,2-4,7-8,10-13,18H2,1H3,(H,31,35);5-6,9-10,15-17,22,25,34H,2-4,7-8,11-14,18H2,1H3,(H,31,35);7-10,15-17,23,25,34H,2-6,11-14,18H2,1H3,(H,31,35). The molecule has 6 aliphatic rings. The zero-order valence-corrected chi connectivity index (χ0v) is 60.5. The van der Waals surface area contributed by atoms with Crippen LogP contribution in [0.2, 0.25) is 0 Å². The Hall–Kier alpha value is -7.74. The first kappa shape index (κ1) is 79.8. The van der Waals surface area contributed by atoms with E-state index in [0.29, 0.717) is 88.8 Å². The van der Waals surface area contributed by atoms with Crippen molar-refractivity contribution in [3.8, 4) is 17.2 Å². The number of nitrogens with zero attached hydrogens (tertiary/aromatic N) is 6. The number of hydrogen-bond acceptors (Lipinski definition) is 12. The number of phenols is 3. The first-order valence-electron chi connectivity index (χ1n) is 37.3. The number of alkyl halides is 9. The molecule has 15 nitrogen and oxygen atoms in total. The lowest BCUT2D eigenvalue weighted by Crippen LogP contribution is -2.53. The van der Waals surface area contributed by atoms with Crippen LogP contribution >= 0.6 is 0 Å². The fourth-order valence-electron chi connectivity index (χ4n) is 16.3. The number of aromatic hydroxyl groups is 3. The van der Waals surface area contributed by atoms with Crippen LogP contribution < -0.4 is 16.0 Å². The number of nitrogens with one attached hydrogen (secondary N) is 3. The summed E-state index contributed by atoms with van der Waals surface area (Å²) in [5.41, 5.74) is 2.48. The number of carbonyl (C=O) groups is 3. The third-order valence-corrected chi connectivity index (χ3v) is 21.6. The van der Waals surface area contributed by atoms with Gasteiger partial charge in [0.2, 0.25) is 17.7 Å². The Balaban J connectivity index is 0.000000169. The summed E-state index contributed by atoms with van der Waals surface area (Å²) in [5, 5.41) is 38.8. The molecular weight excluding hydrogens is 1370 g/mol. The van der Waals surface area contributed by atoms with Crippen LogP contribution in [-0.4, -0.2) is 159 Å². The molecule has 24 heteroatoms. The molecule has 3 saturated carbocycles. The molecule has 570 valence electrons. The molecule has 6 N–H and O–H groups in total. The van der Waals surface area contributed by atoms with Gasteiger partial charge in [0.05, 0.1) is 16.7 Å². The number of rotatable bonds is 18. The second-order valence-corrected chi connectivity index (χ2v) is 29.3. The minimum Gasteiger partial charge on any atom is -0.508 e. The van der Waals surface area contributed by atoms with Crippen molar-refractivity contribution < 1.29 is 69.2 Å². The summed E-state index contributed by atoms with van der Waals surface area (Å²) in [6, 6.07) is 31.5. The molecule has 0 aromatic heterocycles. The van der Waals surface area contributed by atoms with E-state index in [-0.39, 0.29) is 54.6 Å². The van der Waals surface area contributed by atoms with Crippen molar-refractivity contribution in [2.75, 3.05) is 78.5 Å². The Morgan fingerprint density at radius 1 is 0.371 bits per heavy atom. The summed E-state index contributed by atoms with van der Waals surface area (Å²) in [6.45, 7) is 14.3. The van der Waals surface area contributed by atoms with Gasteiger partial charge in [-0.2, -0.15) is 39.5 Å². The van der Waals surface area contributed by atoms with E-state index >= 15 is 0 Å². The molecule has 3 unspecified atom stereocenters. The number of amides is 3. The number of benzene rings is 6. The second-order valence-electron chi connectivity index (χ2n) is 29.3. The summed E-state index contributed by atoms with van der Waals surface area (Å²) < 4.78 is 119. The molecule has 3 heterocycles. The Morgan fingerprint density at radius 2 is 0.705 bits per heavy atom. The topological polar surface area (TPSA) is 167 Å². The molecule has 6 aromatic rings. The lowest BCUT2D eigenvalue weighted by Gasteiger charge is -2.43. The van der Waals surface area contributed by atoms with Crippen LogP contribution in [0, 0.1) is 20.8 Å². The lowest BCUT2D eigenvalue weighted by molar-refractivity contribution is -0.138. The largest absolute Gasteiger partial charge is 0.508 e. The van der Waals surface area contributed by atoms with Crippen LogP contribution in [0.1, 0.15) is 181 Å². The first-order valence-corrected chi connectivity index (χ1v) is 37.3. The van der Waals surface area contributed by atoms with Crippen LogP contribution in [0.25, 0.3) is 0 Å². The van der Waals surface area contributed by atoms with Crippen LogP contribution in [0.5, 0.6) is 17.2 Å². The number of carbonyl (C=O) groups excluding carboxylic acids is 3. The number of halogens is 9. The van der Waals surface area contributed by atoms with E-state index < -0.39 is 53.3 Å². The fourth-order valence-corrected chi connectivity index (χ4v) is 16.3. The van der Waals surface area contributed by atoms with Gasteiger partial charge in [0.15, 0.2) is 0 Å². The van der Waals surface area contributed by atoms with Crippen LogP contribution in [-0.2, 0) is 52.5 Å². The summed E-state index contributed by atoms with van der Waals surface area (Å²) >= 11 is 0. The highest BCUT2D eigenvalue weighted by atomic mass is 19.4. The van der Waals surface area contributed by atoms with Crippen molar-refractivity contribution in [2.24, 2.45) is 0 Å². The van der Waals surface area contributed by atoms with Gasteiger partial charge in [0.1, 0.15) is 35.4 Å². The number of piperazine rings is 3. The van der Waals surface area contributed by atoms with Gasteiger partial charge in [0.25, 0.3) is 0 Å². The minimum atomic E-state index is -4.44. The second kappa shape index (κ2) is 36.7. The normalized spacial score (nSPS) is 19.4. The summed E-state index contributed by atoms with van der Waals surface area (Å²) in [4.78, 5) is 54.1. The molecule has 3 atom stereocenters. The van der Waals surface area contributed by atoms with Crippen molar-refractivity contribution in [3.63, 3.8) is 0 Å². The predicted octanol–water partition coefficient (Wildman–Crippen LogP) is 15.1. The molecule has 6 fully saturated rings. The van der Waals surface area contributed by atoms with Crippen molar-refractivity contribution >= 4 is 17.7 Å². The van der Waals surface area contributed by atoms with E-state index in [1.807, 2.05) is 6.07 Å². The number of aryl methyl sites for hydroxylation is 3. The van der Waals surface area contributed by atoms with E-state index in [2.05, 4.69) is 45.3 Å². The third-order valence-electron chi connectivity index (χ3n) is 21.6. The van der Waals surface area contributed by atoms with Gasteiger partial charge in [-0.3, -0.25) is 43.8 Å². The van der Waals surface area contributed by atoms with E-state index in [1.165, 1.54) is 96.3 Å². The van der Waals surface area contributed by atoms with Crippen LogP contribution in [0.4, 0.5) is 39.5 Å². The van der Waals surface area contributed by atoms with Crippen LogP contribution in [0.15, 0.2) is 127 Å². The fraction of sp³-hybridized carbons (Fsp3) is 0.519. The highest BCUT2D eigenvalue weighted by molar-refractivity contribution is 5.85. The highest BCUT2D eigenvalue weighted by Gasteiger charge is 2.39. The van der Waals surface area contributed by atoms with E-state index in [9.17, 15) is 69.2 Å². The molecular formula is C81H102F9N9O6. The quantitative estimate of drug-likeness (QED) is 0.0452. The van der Waals surface area contributed by atoms with E-state index in [4.69, 9.17) is 0 Å². The van der Waals surface area contributed by atoms with Crippen molar-refractivity contribution in [2.45, 2.75) is 191 Å². The van der Waals surface area contributed by atoms with Gasteiger partial charge in [-0.15, -0.1) is 0 Å². The molecule has 6 aromatic carbocycles. The molecule has 3 amide bonds. The highest BCUT2D eigenvalue weighted by Crippen LogP contribution is 2.37. The Bertz CT molecular complexity index is 3800. The molecule has 0 spiro atoms. The first-order chi connectivity index (χ1) is 50.1. The van der Waals surface area contributed by atoms with Crippen molar-refractivity contribution in [3.05, 3.63) is 194 Å². The van der Waals surface area contributed by atoms with Gasteiger partial charge < -0.3 is 31.3 Å². The summed E-state index contributed by atoms with van der Waals surface area (Å²) in [7, 11) is 0. The molecule has 3 aliphatic carbocycles. The third kappa shape index (κ3) is 22.7. The Labute approximate surface area is 611 Å². The average Bonchev–Trinajstić information content (AvgIpc) is 0.803. The van der Waals surface area contributed by atoms with Gasteiger partial charge in [-0.1, -0.05) is 135 Å². The van der Waals surface area contributed by atoms with Gasteiger partial charge in [-0.25, -0.2) is 0 Å². The van der Waals surface area contributed by atoms with E-state index in [1.54, 1.807) is 106 Å². The van der Waals surface area contributed by atoms with Crippen molar-refractivity contribution in [1.29, 1.82) is 0 Å². The molecule has 3 aliphatic heterocycles. The molecule has 3 saturated heterocycles. The van der Waals surface area contributed by atoms with E-state index in [0.717, 1.165) is 94.3 Å². The Morgan fingerprint density at radius 3 is 1.05 bits per heavy atom. The zero-order chi connectivity index (χ0) is 75.0. The smallest absolute Gasteiger partial charge is 0.416 e. The maximum absolute atomic E-state index is 13.4. The lowest BCUT2D eigenvalue weighted by atomic mass is 9.93. The molecule has 12 rings (SSSR count). The van der Waals surface area contributed by atoms with Crippen molar-refractivity contribution in [1.82, 2.24) is 45.3 Å². The zero-order valence-electron chi connectivity index (χ0n) is 60.5. The molecule has 105 heavy (non-hydrogen) atoms. The minimum absolute atomic E-state index is 0.000941. The monoisotopic (exact) mass is 1470 g/mol. The van der Waals surface area contributed by atoms with Gasteiger partial charge in [0, 0.05) is 122 Å². The summed E-state index contributed by atoms with van der Waals surface area (Å²) in [5.74, 6) is -0.622. The predicted molar refractivity (Wildman–Crippen MR) is 387 cm³/mol. The van der Waals surface area contributed by atoms with Crippen LogP contribution in [0.3, 0.4) is 0 Å². The van der Waals surface area contributed by atoms with Gasteiger partial charge in [-0.05, 0) is 154 Å². The SMILES string of the molecule is Cc1cc(CNC(=O)C(c2ccc(O)cc2)N2CCN(C3CCCCC3)CC2)cc(C(F)(F)F)c1.Cc1cc(CNC(=O)C(c2cccc(O)c2)N2CCN(C3CCCCC3)CC2)cc(C(F)(F)F)c1.Cc1cc(CNC(=O)C(c2ccccc2O)N2CCN(C3CCCCC3)CC2)cc(C(F)(F)F)c1. The average molecular weight is 1470 g/mol. The molecule has 0 bridgehead atoms. The maximum Gasteiger partial charge on any atom is 0.416 e.